The topological polar surface area (TPSA) is 75.7 Å². The largest absolute Gasteiger partial charge is 0.448 e. The Bertz CT molecular complexity index is 897. The number of sulfone groups is 1. The molecular formula is C20H24N2O4S. The zero-order valence-electron chi connectivity index (χ0n) is 15.3. The Labute approximate surface area is 160 Å². The fourth-order valence-electron chi connectivity index (χ4n) is 3.18. The molecule has 0 aliphatic carbocycles. The number of aryl methyl sites for hydroxylation is 1. The zero-order chi connectivity index (χ0) is 19.3. The van der Waals surface area contributed by atoms with E-state index in [1.54, 1.807) is 24.3 Å². The first kappa shape index (κ1) is 19.2. The minimum atomic E-state index is -3.33. The van der Waals surface area contributed by atoms with Crippen LogP contribution in [0.3, 0.4) is 0 Å². The summed E-state index contributed by atoms with van der Waals surface area (Å²) in [5.41, 5.74) is 3.74. The minimum Gasteiger partial charge on any atom is -0.448 e. The maximum absolute atomic E-state index is 12.1. The fourth-order valence-corrected chi connectivity index (χ4v) is 4.36. The van der Waals surface area contributed by atoms with E-state index < -0.39 is 15.9 Å². The van der Waals surface area contributed by atoms with Gasteiger partial charge < -0.3 is 9.64 Å². The SMILES string of the molecule is CN1CCCc2cc(NC(=O)OCCS(=O)(=O)Cc3ccccc3)ccc21. The van der Waals surface area contributed by atoms with Gasteiger partial charge in [-0.05, 0) is 42.2 Å². The Morgan fingerprint density at radius 2 is 1.96 bits per heavy atom. The number of carbonyl (C=O) groups is 1. The van der Waals surface area contributed by atoms with E-state index in [-0.39, 0.29) is 18.1 Å². The van der Waals surface area contributed by atoms with Crippen LogP contribution in [0.15, 0.2) is 48.5 Å². The number of ether oxygens (including phenoxy) is 1. The van der Waals surface area contributed by atoms with Gasteiger partial charge in [-0.25, -0.2) is 13.2 Å². The molecule has 1 aliphatic rings. The minimum absolute atomic E-state index is 0.0584. The van der Waals surface area contributed by atoms with Gasteiger partial charge in [0, 0.05) is 25.0 Å². The lowest BCUT2D eigenvalue weighted by molar-refractivity contribution is 0.168. The van der Waals surface area contributed by atoms with E-state index in [1.807, 2.05) is 24.3 Å². The monoisotopic (exact) mass is 388 g/mol. The van der Waals surface area contributed by atoms with Crippen LogP contribution in [0.2, 0.25) is 0 Å². The molecule has 1 amide bonds. The normalized spacial score (nSPS) is 13.7. The number of anilines is 2. The summed E-state index contributed by atoms with van der Waals surface area (Å²) in [4.78, 5) is 14.1. The second-order valence-corrected chi connectivity index (χ2v) is 8.89. The van der Waals surface area contributed by atoms with E-state index in [9.17, 15) is 13.2 Å². The van der Waals surface area contributed by atoms with E-state index in [0.29, 0.717) is 5.69 Å². The predicted molar refractivity (Wildman–Crippen MR) is 107 cm³/mol. The molecule has 0 fully saturated rings. The van der Waals surface area contributed by atoms with Crippen molar-refractivity contribution in [3.05, 3.63) is 59.7 Å². The van der Waals surface area contributed by atoms with E-state index in [1.165, 1.54) is 11.3 Å². The zero-order valence-corrected chi connectivity index (χ0v) is 16.2. The van der Waals surface area contributed by atoms with E-state index >= 15 is 0 Å². The molecule has 1 heterocycles. The van der Waals surface area contributed by atoms with Crippen molar-refractivity contribution in [3.8, 4) is 0 Å². The molecule has 3 rings (SSSR count). The van der Waals surface area contributed by atoms with Crippen molar-refractivity contribution in [2.24, 2.45) is 0 Å². The van der Waals surface area contributed by atoms with Gasteiger partial charge in [0.05, 0.1) is 11.5 Å². The van der Waals surface area contributed by atoms with Crippen LogP contribution in [0.25, 0.3) is 0 Å². The average molecular weight is 388 g/mol. The van der Waals surface area contributed by atoms with Crippen LogP contribution in [0.4, 0.5) is 16.2 Å². The summed E-state index contributed by atoms with van der Waals surface area (Å²) in [7, 11) is -1.28. The third kappa shape index (κ3) is 5.47. The molecule has 0 saturated carbocycles. The molecule has 2 aromatic carbocycles. The molecule has 0 saturated heterocycles. The number of fused-ring (bicyclic) bond motifs is 1. The summed E-state index contributed by atoms with van der Waals surface area (Å²) >= 11 is 0. The van der Waals surface area contributed by atoms with Gasteiger partial charge in [0.25, 0.3) is 0 Å². The maximum atomic E-state index is 12.1. The van der Waals surface area contributed by atoms with Gasteiger partial charge in [-0.3, -0.25) is 5.32 Å². The summed E-state index contributed by atoms with van der Waals surface area (Å²) in [6.07, 6.45) is 1.41. The Morgan fingerprint density at radius 3 is 2.74 bits per heavy atom. The quantitative estimate of drug-likeness (QED) is 0.822. The van der Waals surface area contributed by atoms with Crippen LogP contribution in [-0.4, -0.2) is 40.5 Å². The molecule has 0 atom stereocenters. The standard InChI is InChI=1S/C20H24N2O4S/c1-22-11-5-8-17-14-18(9-10-19(17)22)21-20(23)26-12-13-27(24,25)15-16-6-3-2-4-7-16/h2-4,6-7,9-10,14H,5,8,11-13,15H2,1H3,(H,21,23). The van der Waals surface area contributed by atoms with Gasteiger partial charge in [-0.15, -0.1) is 0 Å². The number of hydrogen-bond acceptors (Lipinski definition) is 5. The molecule has 0 unspecified atom stereocenters. The number of amides is 1. The second-order valence-electron chi connectivity index (χ2n) is 6.71. The lowest BCUT2D eigenvalue weighted by Gasteiger charge is -2.27. The first-order chi connectivity index (χ1) is 12.9. The van der Waals surface area contributed by atoms with Gasteiger partial charge in [-0.1, -0.05) is 30.3 Å². The number of carbonyl (C=O) groups excluding carboxylic acids is 1. The molecular weight excluding hydrogens is 364 g/mol. The molecule has 6 nitrogen and oxygen atoms in total. The third-order valence-electron chi connectivity index (χ3n) is 4.53. The van der Waals surface area contributed by atoms with Gasteiger partial charge in [-0.2, -0.15) is 0 Å². The number of nitrogens with zero attached hydrogens (tertiary/aromatic N) is 1. The Kier molecular flexibility index (Phi) is 6.01. The van der Waals surface area contributed by atoms with Gasteiger partial charge in [0.15, 0.2) is 9.84 Å². The van der Waals surface area contributed by atoms with E-state index in [0.717, 1.165) is 24.9 Å². The number of hydrogen-bond donors (Lipinski definition) is 1. The predicted octanol–water partition coefficient (Wildman–Crippen LogP) is 3.23. The number of nitrogens with one attached hydrogen (secondary N) is 1. The van der Waals surface area contributed by atoms with Crippen LogP contribution < -0.4 is 10.2 Å². The van der Waals surface area contributed by atoms with Crippen LogP contribution in [-0.2, 0) is 26.7 Å². The molecule has 7 heteroatoms. The molecule has 0 radical (unpaired) electrons. The van der Waals surface area contributed by atoms with Crippen molar-refractivity contribution in [2.45, 2.75) is 18.6 Å². The molecule has 1 aliphatic heterocycles. The molecule has 144 valence electrons. The first-order valence-electron chi connectivity index (χ1n) is 8.95. The molecule has 0 spiro atoms. The van der Waals surface area contributed by atoms with Gasteiger partial charge >= 0.3 is 6.09 Å². The molecule has 0 aromatic heterocycles. The maximum Gasteiger partial charge on any atom is 0.411 e. The molecule has 27 heavy (non-hydrogen) atoms. The highest BCUT2D eigenvalue weighted by Gasteiger charge is 2.16. The Balaban J connectivity index is 1.48. The van der Waals surface area contributed by atoms with E-state index in [2.05, 4.69) is 17.3 Å². The highest BCUT2D eigenvalue weighted by molar-refractivity contribution is 7.90. The molecule has 1 N–H and O–H groups in total. The summed E-state index contributed by atoms with van der Waals surface area (Å²) in [5, 5.41) is 2.67. The van der Waals surface area contributed by atoms with Crippen LogP contribution in [0.1, 0.15) is 17.5 Å². The van der Waals surface area contributed by atoms with Crippen molar-refractivity contribution in [3.63, 3.8) is 0 Å². The van der Waals surface area contributed by atoms with Crippen molar-refractivity contribution >= 4 is 27.3 Å². The van der Waals surface area contributed by atoms with Gasteiger partial charge in [0.1, 0.15) is 6.61 Å². The molecule has 0 bridgehead atoms. The molecule has 2 aromatic rings. The van der Waals surface area contributed by atoms with Crippen molar-refractivity contribution in [1.29, 1.82) is 0 Å². The smallest absolute Gasteiger partial charge is 0.411 e. The lowest BCUT2D eigenvalue weighted by atomic mass is 10.0. The van der Waals surface area contributed by atoms with Crippen LogP contribution in [0.5, 0.6) is 0 Å². The van der Waals surface area contributed by atoms with Crippen LogP contribution in [0, 0.1) is 0 Å². The first-order valence-corrected chi connectivity index (χ1v) is 10.8. The Hall–Kier alpha value is -2.54. The highest BCUT2D eigenvalue weighted by atomic mass is 32.2. The lowest BCUT2D eigenvalue weighted by Crippen LogP contribution is -2.25. The summed E-state index contributed by atoms with van der Waals surface area (Å²) in [6.45, 7) is 0.855. The average Bonchev–Trinajstić information content (AvgIpc) is 2.62. The second kappa shape index (κ2) is 8.43. The summed E-state index contributed by atoms with van der Waals surface area (Å²) < 4.78 is 29.3. The van der Waals surface area contributed by atoms with E-state index in [4.69, 9.17) is 4.74 Å². The highest BCUT2D eigenvalue weighted by Crippen LogP contribution is 2.28. The van der Waals surface area contributed by atoms with Crippen molar-refractivity contribution in [2.75, 3.05) is 36.2 Å². The third-order valence-corrected chi connectivity index (χ3v) is 6.10. The van der Waals surface area contributed by atoms with Crippen LogP contribution >= 0.6 is 0 Å². The summed E-state index contributed by atoms with van der Waals surface area (Å²) in [5.74, 6) is -0.262. The van der Waals surface area contributed by atoms with Crippen molar-refractivity contribution in [1.82, 2.24) is 0 Å². The Morgan fingerprint density at radius 1 is 1.19 bits per heavy atom. The fraction of sp³-hybridized carbons (Fsp3) is 0.350. The summed E-state index contributed by atoms with van der Waals surface area (Å²) in [6, 6.07) is 14.7. The number of rotatable bonds is 6. The van der Waals surface area contributed by atoms with Gasteiger partial charge in [0.2, 0.25) is 0 Å². The van der Waals surface area contributed by atoms with Crippen molar-refractivity contribution < 1.29 is 17.9 Å². The number of benzene rings is 2.